The third-order valence-corrected chi connectivity index (χ3v) is 2.70. The summed E-state index contributed by atoms with van der Waals surface area (Å²) in [5, 5.41) is 9.34. The zero-order valence-corrected chi connectivity index (χ0v) is 11.2. The molecule has 0 saturated heterocycles. The van der Waals surface area contributed by atoms with Crippen molar-refractivity contribution < 1.29 is 9.84 Å². The number of aliphatic hydroxyl groups is 1. The van der Waals surface area contributed by atoms with Gasteiger partial charge in [0, 0.05) is 12.8 Å². The Balaban J connectivity index is 2.19. The van der Waals surface area contributed by atoms with Crippen molar-refractivity contribution in [2.75, 3.05) is 0 Å². The fraction of sp³-hybridized carbons (Fsp3) is 0.500. The van der Waals surface area contributed by atoms with E-state index in [-0.39, 0.29) is 12.2 Å². The molecule has 0 aliphatic carbocycles. The molecule has 2 heteroatoms. The molecule has 0 aliphatic heterocycles. The molecule has 1 N–H and O–H groups in total. The van der Waals surface area contributed by atoms with Gasteiger partial charge in [0.1, 0.15) is 0 Å². The van der Waals surface area contributed by atoms with Gasteiger partial charge in [-0.2, -0.15) is 0 Å². The molecular weight excluding hydrogens is 224 g/mol. The molecule has 0 radical (unpaired) electrons. The molecule has 2 nitrogen and oxygen atoms in total. The number of ether oxygens (including phenoxy) is 1. The fourth-order valence-corrected chi connectivity index (χ4v) is 1.42. The number of benzene rings is 1. The summed E-state index contributed by atoms with van der Waals surface area (Å²) in [6.07, 6.45) is 1.86. The van der Waals surface area contributed by atoms with E-state index in [1.54, 1.807) is 0 Å². The highest BCUT2D eigenvalue weighted by atomic mass is 16.5. The van der Waals surface area contributed by atoms with E-state index in [1.165, 1.54) is 5.56 Å². The molecule has 2 unspecified atom stereocenters. The van der Waals surface area contributed by atoms with Gasteiger partial charge in [-0.05, 0) is 18.9 Å². The summed E-state index contributed by atoms with van der Waals surface area (Å²) < 4.78 is 5.70. The minimum Gasteiger partial charge on any atom is -0.392 e. The summed E-state index contributed by atoms with van der Waals surface area (Å²) in [6.45, 7) is 4.60. The molecule has 1 rings (SSSR count). The normalized spacial score (nSPS) is 13.5. The number of hydrogen-bond acceptors (Lipinski definition) is 2. The van der Waals surface area contributed by atoms with Gasteiger partial charge in [0.05, 0.1) is 18.8 Å². The first-order chi connectivity index (χ1) is 8.72. The van der Waals surface area contributed by atoms with E-state index in [9.17, 15) is 5.11 Å². The first-order valence-electron chi connectivity index (χ1n) is 6.51. The van der Waals surface area contributed by atoms with Gasteiger partial charge >= 0.3 is 0 Å². The van der Waals surface area contributed by atoms with Crippen LogP contribution < -0.4 is 0 Å². The van der Waals surface area contributed by atoms with Gasteiger partial charge in [-0.15, -0.1) is 11.8 Å². The second-order valence-corrected chi connectivity index (χ2v) is 4.43. The lowest BCUT2D eigenvalue weighted by Crippen LogP contribution is -2.07. The number of rotatable bonds is 6. The molecule has 1 aromatic rings. The van der Waals surface area contributed by atoms with Gasteiger partial charge in [0.2, 0.25) is 0 Å². The van der Waals surface area contributed by atoms with Crippen molar-refractivity contribution in [3.63, 3.8) is 0 Å². The zero-order chi connectivity index (χ0) is 13.2. The van der Waals surface area contributed by atoms with Gasteiger partial charge in [0.25, 0.3) is 0 Å². The Morgan fingerprint density at radius 3 is 2.50 bits per heavy atom. The second-order valence-electron chi connectivity index (χ2n) is 4.43. The summed E-state index contributed by atoms with van der Waals surface area (Å²) in [5.41, 5.74) is 1.18. The van der Waals surface area contributed by atoms with Crippen LogP contribution in [0.4, 0.5) is 0 Å². The van der Waals surface area contributed by atoms with Crippen LogP contribution >= 0.6 is 0 Å². The third-order valence-electron chi connectivity index (χ3n) is 2.70. The molecule has 0 aliphatic rings. The molecule has 0 bridgehead atoms. The second kappa shape index (κ2) is 8.74. The monoisotopic (exact) mass is 246 g/mol. The predicted octanol–water partition coefficient (Wildman–Crippen LogP) is 3.15. The maximum atomic E-state index is 9.34. The Bertz CT molecular complexity index is 375. The van der Waals surface area contributed by atoms with Crippen molar-refractivity contribution in [1.82, 2.24) is 0 Å². The van der Waals surface area contributed by atoms with Crippen LogP contribution in [0.1, 0.15) is 38.7 Å². The van der Waals surface area contributed by atoms with E-state index in [2.05, 4.69) is 24.0 Å². The topological polar surface area (TPSA) is 29.5 Å². The Kier molecular flexibility index (Phi) is 7.17. The van der Waals surface area contributed by atoms with E-state index >= 15 is 0 Å². The van der Waals surface area contributed by atoms with Gasteiger partial charge in [-0.3, -0.25) is 0 Å². The number of aliphatic hydroxyl groups excluding tert-OH is 1. The van der Waals surface area contributed by atoms with Crippen LogP contribution in [0.5, 0.6) is 0 Å². The molecule has 98 valence electrons. The highest BCUT2D eigenvalue weighted by Gasteiger charge is 2.00. The van der Waals surface area contributed by atoms with Gasteiger partial charge in [-0.1, -0.05) is 37.3 Å². The molecule has 0 fully saturated rings. The van der Waals surface area contributed by atoms with Crippen molar-refractivity contribution in [2.45, 2.75) is 51.9 Å². The van der Waals surface area contributed by atoms with Crippen molar-refractivity contribution in [2.24, 2.45) is 0 Å². The van der Waals surface area contributed by atoms with Crippen LogP contribution in [0.3, 0.4) is 0 Å². The van der Waals surface area contributed by atoms with Crippen LogP contribution in [-0.4, -0.2) is 17.3 Å². The lowest BCUT2D eigenvalue weighted by atomic mass is 10.2. The average molecular weight is 246 g/mol. The molecule has 1 aromatic carbocycles. The Hall–Kier alpha value is -1.30. The van der Waals surface area contributed by atoms with Crippen molar-refractivity contribution >= 4 is 0 Å². The van der Waals surface area contributed by atoms with E-state index in [4.69, 9.17) is 4.74 Å². The van der Waals surface area contributed by atoms with E-state index in [1.807, 2.05) is 32.0 Å². The van der Waals surface area contributed by atoms with Gasteiger partial charge in [0.15, 0.2) is 0 Å². The van der Waals surface area contributed by atoms with Crippen LogP contribution in [0.25, 0.3) is 0 Å². The third kappa shape index (κ3) is 6.44. The lowest BCUT2D eigenvalue weighted by molar-refractivity contribution is 0.0566. The molecular formula is C16H22O2. The molecule has 18 heavy (non-hydrogen) atoms. The molecule has 0 aromatic heterocycles. The smallest absolute Gasteiger partial charge is 0.0720 e. The molecule has 0 spiro atoms. The van der Waals surface area contributed by atoms with Gasteiger partial charge in [-0.25, -0.2) is 0 Å². The van der Waals surface area contributed by atoms with Crippen LogP contribution in [-0.2, 0) is 11.3 Å². The number of hydrogen-bond donors (Lipinski definition) is 1. The molecule has 0 amide bonds. The highest BCUT2D eigenvalue weighted by molar-refractivity contribution is 5.13. The highest BCUT2D eigenvalue weighted by Crippen LogP contribution is 2.05. The molecule has 0 saturated carbocycles. The van der Waals surface area contributed by atoms with Crippen molar-refractivity contribution in [3.05, 3.63) is 35.9 Å². The summed E-state index contributed by atoms with van der Waals surface area (Å²) in [6, 6.07) is 10.1. The summed E-state index contributed by atoms with van der Waals surface area (Å²) >= 11 is 0. The molecule has 2 atom stereocenters. The summed E-state index contributed by atoms with van der Waals surface area (Å²) in [4.78, 5) is 0. The zero-order valence-electron chi connectivity index (χ0n) is 11.2. The standard InChI is InChI=1S/C16H22O2/c1-3-16(17)12-8-7-9-14(2)18-13-15-10-5-4-6-11-15/h4-6,10-11,14,16-17H,3,9,12-13H2,1-2H3. The Morgan fingerprint density at radius 1 is 1.17 bits per heavy atom. The van der Waals surface area contributed by atoms with Crippen molar-refractivity contribution in [1.29, 1.82) is 0 Å². The average Bonchev–Trinajstić information content (AvgIpc) is 2.42. The quantitative estimate of drug-likeness (QED) is 0.781. The van der Waals surface area contributed by atoms with Gasteiger partial charge < -0.3 is 9.84 Å². The fourth-order valence-electron chi connectivity index (χ4n) is 1.42. The van der Waals surface area contributed by atoms with E-state index in [0.717, 1.165) is 6.42 Å². The van der Waals surface area contributed by atoms with E-state index < -0.39 is 0 Å². The predicted molar refractivity (Wildman–Crippen MR) is 74.0 cm³/mol. The van der Waals surface area contributed by atoms with Crippen LogP contribution in [0, 0.1) is 11.8 Å². The van der Waals surface area contributed by atoms with Crippen LogP contribution in [0.2, 0.25) is 0 Å². The SMILES string of the molecule is CCC(O)CC#CCC(C)OCc1ccccc1. The summed E-state index contributed by atoms with van der Waals surface area (Å²) in [7, 11) is 0. The lowest BCUT2D eigenvalue weighted by Gasteiger charge is -2.09. The maximum Gasteiger partial charge on any atom is 0.0720 e. The Morgan fingerprint density at radius 2 is 1.83 bits per heavy atom. The summed E-state index contributed by atoms with van der Waals surface area (Å²) in [5.74, 6) is 6.04. The minimum atomic E-state index is -0.293. The van der Waals surface area contributed by atoms with Crippen LogP contribution in [0.15, 0.2) is 30.3 Å². The largest absolute Gasteiger partial charge is 0.392 e. The minimum absolute atomic E-state index is 0.122. The first-order valence-corrected chi connectivity index (χ1v) is 6.51. The Labute approximate surface area is 110 Å². The van der Waals surface area contributed by atoms with E-state index in [0.29, 0.717) is 19.4 Å². The van der Waals surface area contributed by atoms with Crippen molar-refractivity contribution in [3.8, 4) is 11.8 Å². The maximum absolute atomic E-state index is 9.34. The first kappa shape index (κ1) is 14.8. The molecule has 0 heterocycles.